The van der Waals surface area contributed by atoms with Gasteiger partial charge in [0.1, 0.15) is 0 Å². The van der Waals surface area contributed by atoms with Crippen LogP contribution in [0.25, 0.3) is 0 Å². The number of hydrogen-bond donors (Lipinski definition) is 2. The Labute approximate surface area is 113 Å². The van der Waals surface area contributed by atoms with Gasteiger partial charge in [-0.2, -0.15) is 0 Å². The molecule has 0 radical (unpaired) electrons. The van der Waals surface area contributed by atoms with Crippen molar-refractivity contribution in [3.63, 3.8) is 0 Å². The maximum Gasteiger partial charge on any atom is 0.393 e. The van der Waals surface area contributed by atoms with Gasteiger partial charge in [-0.15, -0.1) is 0 Å². The molecule has 0 spiro atoms. The molecule has 0 aromatic rings. The molecule has 0 saturated heterocycles. The van der Waals surface area contributed by atoms with Crippen molar-refractivity contribution < 1.29 is 24.4 Å². The van der Waals surface area contributed by atoms with E-state index in [2.05, 4.69) is 0 Å². The Morgan fingerprint density at radius 3 is 2.05 bits per heavy atom. The first-order chi connectivity index (χ1) is 9.22. The van der Waals surface area contributed by atoms with Crippen LogP contribution in [0.5, 0.6) is 0 Å². The molecule has 5 nitrogen and oxygen atoms in total. The first-order valence-corrected chi connectivity index (χ1v) is 6.89. The zero-order valence-electron chi connectivity index (χ0n) is 11.1. The summed E-state index contributed by atoms with van der Waals surface area (Å²) in [6.07, 6.45) is 9.54. The van der Waals surface area contributed by atoms with Crippen molar-refractivity contribution in [3.05, 3.63) is 23.7 Å². The summed E-state index contributed by atoms with van der Waals surface area (Å²) in [5.41, 5.74) is 0. The number of hydrogen-bond acceptors (Lipinski definition) is 5. The molecule has 0 aromatic carbocycles. The van der Waals surface area contributed by atoms with Crippen LogP contribution in [-0.4, -0.2) is 36.0 Å². The van der Waals surface area contributed by atoms with Gasteiger partial charge in [-0.05, 0) is 37.8 Å². The second-order valence-electron chi connectivity index (χ2n) is 4.82. The quantitative estimate of drug-likeness (QED) is 0.520. The Hall–Kier alpha value is -1.04. The molecule has 0 amide bonds. The van der Waals surface area contributed by atoms with Gasteiger partial charge in [0.15, 0.2) is 6.61 Å². The molecule has 2 rings (SSSR count). The van der Waals surface area contributed by atoms with E-state index in [9.17, 15) is 5.11 Å². The molecular formula is C14H22O5. The Balaban J connectivity index is 1.93. The number of rotatable bonds is 8. The molecule has 0 atom stereocenters. The van der Waals surface area contributed by atoms with E-state index >= 15 is 0 Å². The van der Waals surface area contributed by atoms with Crippen molar-refractivity contribution in [1.29, 1.82) is 0 Å². The van der Waals surface area contributed by atoms with Crippen molar-refractivity contribution in [2.24, 2.45) is 0 Å². The molecule has 0 bridgehead atoms. The molecule has 5 heteroatoms. The SMILES string of the molecule is OCCOCC(O)(OC1=CCCC1)OC1=CCCC1. The molecule has 108 valence electrons. The van der Waals surface area contributed by atoms with Crippen molar-refractivity contribution in [1.82, 2.24) is 0 Å². The topological polar surface area (TPSA) is 68.2 Å². The van der Waals surface area contributed by atoms with E-state index in [1.54, 1.807) is 0 Å². The molecule has 0 aromatic heterocycles. The zero-order valence-corrected chi connectivity index (χ0v) is 11.1. The lowest BCUT2D eigenvalue weighted by Crippen LogP contribution is -2.40. The van der Waals surface area contributed by atoms with Gasteiger partial charge in [0, 0.05) is 12.8 Å². The third kappa shape index (κ3) is 4.53. The summed E-state index contributed by atoms with van der Waals surface area (Å²) in [6.45, 7) is -0.0726. The molecule has 2 N–H and O–H groups in total. The van der Waals surface area contributed by atoms with Gasteiger partial charge < -0.3 is 24.4 Å². The van der Waals surface area contributed by atoms with Gasteiger partial charge in [-0.1, -0.05) is 0 Å². The highest BCUT2D eigenvalue weighted by atomic mass is 16.8. The first-order valence-electron chi connectivity index (χ1n) is 6.89. The van der Waals surface area contributed by atoms with Crippen LogP contribution in [-0.2, 0) is 14.2 Å². The minimum absolute atomic E-state index is 0.0958. The summed E-state index contributed by atoms with van der Waals surface area (Å²) < 4.78 is 16.3. The molecule has 2 aliphatic carbocycles. The van der Waals surface area contributed by atoms with Gasteiger partial charge in [-0.3, -0.25) is 0 Å². The van der Waals surface area contributed by atoms with Crippen LogP contribution in [0.2, 0.25) is 0 Å². The van der Waals surface area contributed by atoms with Crippen LogP contribution in [0, 0.1) is 0 Å². The monoisotopic (exact) mass is 270 g/mol. The first kappa shape index (κ1) is 14.4. The zero-order chi connectivity index (χ0) is 13.6. The maximum atomic E-state index is 10.4. The smallest absolute Gasteiger partial charge is 0.393 e. The summed E-state index contributed by atoms with van der Waals surface area (Å²) in [5.74, 6) is -0.302. The molecule has 0 heterocycles. The van der Waals surface area contributed by atoms with Crippen LogP contribution in [0.1, 0.15) is 38.5 Å². The largest absolute Gasteiger partial charge is 0.433 e. The van der Waals surface area contributed by atoms with Crippen LogP contribution >= 0.6 is 0 Å². The van der Waals surface area contributed by atoms with Crippen molar-refractivity contribution >= 4 is 0 Å². The van der Waals surface area contributed by atoms with Crippen LogP contribution < -0.4 is 0 Å². The molecule has 0 aliphatic heterocycles. The number of aliphatic hydroxyl groups excluding tert-OH is 1. The third-order valence-electron chi connectivity index (χ3n) is 3.10. The van der Waals surface area contributed by atoms with Gasteiger partial charge in [0.25, 0.3) is 0 Å². The second kappa shape index (κ2) is 6.93. The Bertz CT molecular complexity index is 322. The Kier molecular flexibility index (Phi) is 5.24. The average molecular weight is 270 g/mol. The molecule has 0 fully saturated rings. The van der Waals surface area contributed by atoms with Gasteiger partial charge in [0.05, 0.1) is 24.7 Å². The fourth-order valence-corrected chi connectivity index (χ4v) is 2.22. The van der Waals surface area contributed by atoms with Gasteiger partial charge >= 0.3 is 5.97 Å². The highest BCUT2D eigenvalue weighted by molar-refractivity contribution is 5.03. The number of ether oxygens (including phenoxy) is 3. The third-order valence-corrected chi connectivity index (χ3v) is 3.10. The summed E-state index contributed by atoms with van der Waals surface area (Å²) in [7, 11) is 0. The van der Waals surface area contributed by atoms with E-state index in [4.69, 9.17) is 19.3 Å². The lowest BCUT2D eigenvalue weighted by atomic mass is 10.3. The molecule has 0 saturated carbocycles. The Morgan fingerprint density at radius 1 is 1.05 bits per heavy atom. The van der Waals surface area contributed by atoms with Crippen molar-refractivity contribution in [2.75, 3.05) is 19.8 Å². The van der Waals surface area contributed by atoms with Crippen molar-refractivity contribution in [3.8, 4) is 0 Å². The predicted octanol–water partition coefficient (Wildman–Crippen LogP) is 1.81. The van der Waals surface area contributed by atoms with Crippen LogP contribution in [0.4, 0.5) is 0 Å². The van der Waals surface area contributed by atoms with Crippen LogP contribution in [0.3, 0.4) is 0 Å². The predicted molar refractivity (Wildman–Crippen MR) is 68.9 cm³/mol. The minimum atomic E-state index is -1.79. The normalized spacial score (nSPS) is 19.3. The number of allylic oxidation sites excluding steroid dienone is 4. The second-order valence-corrected chi connectivity index (χ2v) is 4.82. The van der Waals surface area contributed by atoms with Crippen LogP contribution in [0.15, 0.2) is 23.7 Å². The van der Waals surface area contributed by atoms with E-state index in [-0.39, 0.29) is 19.8 Å². The highest BCUT2D eigenvalue weighted by Gasteiger charge is 2.35. The summed E-state index contributed by atoms with van der Waals surface area (Å²) >= 11 is 0. The van der Waals surface area contributed by atoms with E-state index in [0.29, 0.717) is 0 Å². The maximum absolute atomic E-state index is 10.4. The lowest BCUT2D eigenvalue weighted by Gasteiger charge is -2.29. The average Bonchev–Trinajstić information content (AvgIpc) is 3.03. The molecule has 19 heavy (non-hydrogen) atoms. The summed E-state index contributed by atoms with van der Waals surface area (Å²) in [5, 5.41) is 19.1. The van der Waals surface area contributed by atoms with Crippen molar-refractivity contribution in [2.45, 2.75) is 44.5 Å². The molecular weight excluding hydrogens is 248 g/mol. The fraction of sp³-hybridized carbons (Fsp3) is 0.714. The van der Waals surface area contributed by atoms with Gasteiger partial charge in [0.2, 0.25) is 0 Å². The fourth-order valence-electron chi connectivity index (χ4n) is 2.22. The van der Waals surface area contributed by atoms with Gasteiger partial charge in [-0.25, -0.2) is 0 Å². The molecule has 2 aliphatic rings. The summed E-state index contributed by atoms with van der Waals surface area (Å²) in [4.78, 5) is 0. The van der Waals surface area contributed by atoms with E-state index in [0.717, 1.165) is 50.0 Å². The number of aliphatic hydroxyl groups is 2. The standard InChI is InChI=1S/C14H22O5/c15-9-10-17-11-14(16,18-12-5-1-2-6-12)19-13-7-3-4-8-13/h5,7,15-16H,1-4,6,8-11H2. The minimum Gasteiger partial charge on any atom is -0.433 e. The summed E-state index contributed by atoms with van der Waals surface area (Å²) in [6, 6.07) is 0. The van der Waals surface area contributed by atoms with E-state index < -0.39 is 5.97 Å². The lowest BCUT2D eigenvalue weighted by molar-refractivity contribution is -0.347. The Morgan fingerprint density at radius 2 is 1.63 bits per heavy atom. The molecule has 0 unspecified atom stereocenters. The van der Waals surface area contributed by atoms with E-state index in [1.807, 2.05) is 12.2 Å². The van der Waals surface area contributed by atoms with E-state index in [1.165, 1.54) is 0 Å². The highest BCUT2D eigenvalue weighted by Crippen LogP contribution is 2.29.